The van der Waals surface area contributed by atoms with Crippen LogP contribution in [-0.2, 0) is 0 Å². The van der Waals surface area contributed by atoms with Crippen LogP contribution in [0.1, 0.15) is 32.6 Å². The van der Waals surface area contributed by atoms with E-state index in [4.69, 9.17) is 0 Å². The Balaban J connectivity index is 1.59. The van der Waals surface area contributed by atoms with Crippen molar-refractivity contribution in [1.29, 1.82) is 0 Å². The van der Waals surface area contributed by atoms with Crippen LogP contribution in [0.4, 0.5) is 0 Å². The van der Waals surface area contributed by atoms with Gasteiger partial charge in [-0.15, -0.1) is 0 Å². The van der Waals surface area contributed by atoms with Crippen LogP contribution in [0.5, 0.6) is 0 Å². The molecule has 0 spiro atoms. The van der Waals surface area contributed by atoms with Crippen LogP contribution in [0.25, 0.3) is 0 Å². The predicted molar refractivity (Wildman–Crippen MR) is 53.7 cm³/mol. The maximum atomic E-state index is 3.83. The Labute approximate surface area is 80.7 Å². The zero-order valence-electron chi connectivity index (χ0n) is 8.50. The standard InChI is InChI=1S/C11H20N2/c1-8-7-10(8)12-9-4-6-13-5-2-3-11(9)13/h8-12H,2-7H2,1H3. The zero-order valence-corrected chi connectivity index (χ0v) is 8.50. The highest BCUT2D eigenvalue weighted by Crippen LogP contribution is 2.34. The van der Waals surface area contributed by atoms with Gasteiger partial charge in [-0.25, -0.2) is 0 Å². The van der Waals surface area contributed by atoms with Crippen LogP contribution in [-0.4, -0.2) is 36.1 Å². The minimum Gasteiger partial charge on any atom is -0.309 e. The van der Waals surface area contributed by atoms with Crippen molar-refractivity contribution >= 4 is 0 Å². The number of nitrogens with zero attached hydrogens (tertiary/aromatic N) is 1. The Morgan fingerprint density at radius 2 is 2.00 bits per heavy atom. The molecule has 13 heavy (non-hydrogen) atoms. The third-order valence-electron chi connectivity index (χ3n) is 4.14. The summed E-state index contributed by atoms with van der Waals surface area (Å²) in [5.41, 5.74) is 0. The second kappa shape index (κ2) is 2.96. The second-order valence-electron chi connectivity index (χ2n) is 5.13. The average Bonchev–Trinajstić information content (AvgIpc) is 2.56. The molecular formula is C11H20N2. The van der Waals surface area contributed by atoms with E-state index in [9.17, 15) is 0 Å². The Hall–Kier alpha value is -0.0800. The molecule has 4 atom stereocenters. The highest BCUT2D eigenvalue weighted by atomic mass is 15.2. The van der Waals surface area contributed by atoms with Crippen LogP contribution < -0.4 is 5.32 Å². The minimum absolute atomic E-state index is 0.831. The van der Waals surface area contributed by atoms with Gasteiger partial charge in [0.1, 0.15) is 0 Å². The summed E-state index contributed by atoms with van der Waals surface area (Å²) in [6.45, 7) is 5.07. The molecule has 0 amide bonds. The molecule has 0 aromatic heterocycles. The molecule has 0 radical (unpaired) electrons. The van der Waals surface area contributed by atoms with Crippen LogP contribution >= 0.6 is 0 Å². The van der Waals surface area contributed by atoms with Gasteiger partial charge in [-0.2, -0.15) is 0 Å². The Bertz CT molecular complexity index is 204. The van der Waals surface area contributed by atoms with Crippen molar-refractivity contribution in [3.05, 3.63) is 0 Å². The second-order valence-corrected chi connectivity index (χ2v) is 5.13. The first-order chi connectivity index (χ1) is 6.34. The molecule has 0 bridgehead atoms. The summed E-state index contributed by atoms with van der Waals surface area (Å²) in [7, 11) is 0. The summed E-state index contributed by atoms with van der Waals surface area (Å²) in [5, 5.41) is 3.83. The average molecular weight is 180 g/mol. The summed E-state index contributed by atoms with van der Waals surface area (Å²) in [6, 6.07) is 2.59. The number of hydrogen-bond acceptors (Lipinski definition) is 2. The topological polar surface area (TPSA) is 15.3 Å². The first-order valence-electron chi connectivity index (χ1n) is 5.85. The van der Waals surface area contributed by atoms with E-state index >= 15 is 0 Å². The molecule has 0 aromatic carbocycles. The quantitative estimate of drug-likeness (QED) is 0.687. The van der Waals surface area contributed by atoms with Crippen LogP contribution in [0, 0.1) is 5.92 Å². The Morgan fingerprint density at radius 3 is 2.77 bits per heavy atom. The van der Waals surface area contributed by atoms with Crippen molar-refractivity contribution in [3.63, 3.8) is 0 Å². The van der Waals surface area contributed by atoms with Crippen molar-refractivity contribution in [3.8, 4) is 0 Å². The van der Waals surface area contributed by atoms with Crippen LogP contribution in [0.2, 0.25) is 0 Å². The van der Waals surface area contributed by atoms with E-state index in [1.54, 1.807) is 0 Å². The fourth-order valence-corrected chi connectivity index (χ4v) is 3.11. The van der Waals surface area contributed by atoms with E-state index in [1.165, 1.54) is 38.8 Å². The van der Waals surface area contributed by atoms with Gasteiger partial charge in [-0.05, 0) is 38.1 Å². The summed E-state index contributed by atoms with van der Waals surface area (Å²) >= 11 is 0. The molecule has 4 unspecified atom stereocenters. The lowest BCUT2D eigenvalue weighted by molar-refractivity contribution is 0.297. The molecule has 2 nitrogen and oxygen atoms in total. The van der Waals surface area contributed by atoms with Gasteiger partial charge in [0.05, 0.1) is 0 Å². The lowest BCUT2D eigenvalue weighted by Crippen LogP contribution is -2.40. The van der Waals surface area contributed by atoms with E-state index < -0.39 is 0 Å². The molecule has 3 aliphatic rings. The predicted octanol–water partition coefficient (Wildman–Crippen LogP) is 1.22. The van der Waals surface area contributed by atoms with Gasteiger partial charge in [0.15, 0.2) is 0 Å². The normalized spacial score (nSPS) is 49.6. The lowest BCUT2D eigenvalue weighted by atomic mass is 10.1. The van der Waals surface area contributed by atoms with Crippen molar-refractivity contribution in [1.82, 2.24) is 10.2 Å². The Morgan fingerprint density at radius 1 is 1.15 bits per heavy atom. The van der Waals surface area contributed by atoms with Gasteiger partial charge >= 0.3 is 0 Å². The number of hydrogen-bond donors (Lipinski definition) is 1. The van der Waals surface area contributed by atoms with Gasteiger partial charge in [-0.3, -0.25) is 4.90 Å². The smallest absolute Gasteiger partial charge is 0.0250 e. The molecule has 3 fully saturated rings. The van der Waals surface area contributed by atoms with E-state index in [2.05, 4.69) is 17.1 Å². The number of rotatable bonds is 2. The van der Waals surface area contributed by atoms with Crippen LogP contribution in [0.3, 0.4) is 0 Å². The molecule has 2 saturated heterocycles. The molecule has 1 N–H and O–H groups in total. The van der Waals surface area contributed by atoms with E-state index in [0.717, 1.165) is 24.0 Å². The van der Waals surface area contributed by atoms with E-state index in [0.29, 0.717) is 0 Å². The highest BCUT2D eigenvalue weighted by Gasteiger charge is 2.41. The Kier molecular flexibility index (Phi) is 1.88. The molecule has 74 valence electrons. The molecule has 1 saturated carbocycles. The maximum Gasteiger partial charge on any atom is 0.0250 e. The van der Waals surface area contributed by atoms with Crippen molar-refractivity contribution in [2.75, 3.05) is 13.1 Å². The molecule has 3 rings (SSSR count). The van der Waals surface area contributed by atoms with Gasteiger partial charge < -0.3 is 5.32 Å². The number of fused-ring (bicyclic) bond motifs is 1. The van der Waals surface area contributed by atoms with E-state index in [1.807, 2.05) is 0 Å². The third-order valence-corrected chi connectivity index (χ3v) is 4.14. The first-order valence-corrected chi connectivity index (χ1v) is 5.85. The minimum atomic E-state index is 0.831. The van der Waals surface area contributed by atoms with Crippen molar-refractivity contribution in [2.24, 2.45) is 5.92 Å². The van der Waals surface area contributed by atoms with Gasteiger partial charge in [0.2, 0.25) is 0 Å². The molecular weight excluding hydrogens is 160 g/mol. The summed E-state index contributed by atoms with van der Waals surface area (Å²) in [5.74, 6) is 0.954. The first kappa shape index (κ1) is 8.25. The molecule has 2 aliphatic heterocycles. The van der Waals surface area contributed by atoms with Crippen molar-refractivity contribution in [2.45, 2.75) is 50.7 Å². The van der Waals surface area contributed by atoms with Gasteiger partial charge in [0, 0.05) is 24.7 Å². The summed E-state index contributed by atoms with van der Waals surface area (Å²) in [6.07, 6.45) is 5.69. The summed E-state index contributed by atoms with van der Waals surface area (Å²) < 4.78 is 0. The molecule has 0 aromatic rings. The third kappa shape index (κ3) is 1.40. The fraction of sp³-hybridized carbons (Fsp3) is 1.00. The van der Waals surface area contributed by atoms with Gasteiger partial charge in [0.25, 0.3) is 0 Å². The lowest BCUT2D eigenvalue weighted by Gasteiger charge is -2.21. The SMILES string of the molecule is CC1CC1NC1CCN2CCCC12. The highest BCUT2D eigenvalue weighted by molar-refractivity contribution is 5.00. The fourth-order valence-electron chi connectivity index (χ4n) is 3.11. The molecule has 2 heterocycles. The zero-order chi connectivity index (χ0) is 8.84. The molecule has 2 heteroatoms. The monoisotopic (exact) mass is 180 g/mol. The molecule has 1 aliphatic carbocycles. The maximum absolute atomic E-state index is 3.83. The largest absolute Gasteiger partial charge is 0.309 e. The van der Waals surface area contributed by atoms with Crippen LogP contribution in [0.15, 0.2) is 0 Å². The van der Waals surface area contributed by atoms with E-state index in [-0.39, 0.29) is 0 Å². The van der Waals surface area contributed by atoms with Gasteiger partial charge in [-0.1, -0.05) is 6.92 Å². The summed E-state index contributed by atoms with van der Waals surface area (Å²) in [4.78, 5) is 2.69. The number of nitrogens with one attached hydrogen (secondary N) is 1. The van der Waals surface area contributed by atoms with Crippen molar-refractivity contribution < 1.29 is 0 Å².